The van der Waals surface area contributed by atoms with Crippen molar-refractivity contribution >= 4 is 45.0 Å². The Bertz CT molecular complexity index is 2300. The first-order valence-electron chi connectivity index (χ1n) is 16.2. The summed E-state index contributed by atoms with van der Waals surface area (Å²) in [6.45, 7) is 1.52. The van der Waals surface area contributed by atoms with Crippen LogP contribution < -0.4 is 9.31 Å². The molecular weight excluding hydrogens is 701 g/mol. The minimum absolute atomic E-state index is 0. The van der Waals surface area contributed by atoms with E-state index in [4.69, 9.17) is 13.0 Å². The summed E-state index contributed by atoms with van der Waals surface area (Å²) in [5.74, 6) is 1.21. The molecule has 0 radical (unpaired) electrons. The summed E-state index contributed by atoms with van der Waals surface area (Å²) < 4.78 is 59.0. The number of rotatable bonds is 4. The van der Waals surface area contributed by atoms with Crippen LogP contribution in [0.4, 0.5) is 17.1 Å². The van der Waals surface area contributed by atoms with Gasteiger partial charge in [0.05, 0.1) is 5.52 Å². The fourth-order valence-electron chi connectivity index (χ4n) is 5.06. The van der Waals surface area contributed by atoms with Crippen LogP contribution in [0.1, 0.15) is 40.1 Å². The third-order valence-electron chi connectivity index (χ3n) is 7.10. The molecule has 3 aromatic carbocycles. The summed E-state index contributed by atoms with van der Waals surface area (Å²) in [5.41, 5.74) is 4.64. The maximum atomic E-state index is 8.06. The van der Waals surface area contributed by atoms with E-state index in [-0.39, 0.29) is 32.0 Å². The molecule has 1 aliphatic heterocycles. The number of fused-ring (bicyclic) bond motifs is 4. The van der Waals surface area contributed by atoms with Crippen molar-refractivity contribution in [3.8, 4) is 17.3 Å². The van der Waals surface area contributed by atoms with Gasteiger partial charge < -0.3 is 9.30 Å². The number of pyridine rings is 2. The van der Waals surface area contributed by atoms with E-state index in [0.717, 1.165) is 21.0 Å². The average molecular weight is 737 g/mol. The standard InChI is InChI=1S/C35H29N5O.Pt/c1-23-14-16-36-33(17-23)40-31-11-8-15-37-34(31)28-13-12-26(21-32(28)40)41-27-19-24(35(2,3)4)18-25(20-27)39-22-38(5)29-9-6-7-10-30(29)39;/h6-19H,1-5H3;/q;+2/i1D3,5D3;. The number of hydrogen-bond acceptors (Lipinski definition) is 3. The normalized spacial score (nSPS) is 15.3. The van der Waals surface area contributed by atoms with Gasteiger partial charge in [0, 0.05) is 45.7 Å². The van der Waals surface area contributed by atoms with Gasteiger partial charge in [0.1, 0.15) is 15.6 Å². The smallest absolute Gasteiger partial charge is 0.509 e. The summed E-state index contributed by atoms with van der Waals surface area (Å²) in [7, 11) is 0. The van der Waals surface area contributed by atoms with Crippen LogP contribution >= 0.6 is 0 Å². The molecule has 3 aromatic heterocycles. The molecule has 7 heteroatoms. The topological polar surface area (TPSA) is 46.0 Å². The van der Waals surface area contributed by atoms with Crippen molar-refractivity contribution < 1.29 is 38.6 Å². The molecule has 1 aliphatic rings. The molecule has 0 N–H and O–H groups in total. The first kappa shape index (κ1) is 21.3. The maximum Gasteiger partial charge on any atom is 2.00 e. The van der Waals surface area contributed by atoms with Crippen molar-refractivity contribution in [2.24, 2.45) is 0 Å². The van der Waals surface area contributed by atoms with Gasteiger partial charge in [0.15, 0.2) is 6.98 Å². The molecule has 6 aromatic rings. The Morgan fingerprint density at radius 2 is 1.76 bits per heavy atom. The minimum atomic E-state index is -2.43. The number of aromatic nitrogens is 3. The van der Waals surface area contributed by atoms with Crippen molar-refractivity contribution in [1.82, 2.24) is 19.1 Å². The summed E-state index contributed by atoms with van der Waals surface area (Å²) >= 11 is 0. The number of nitrogens with zero attached hydrogens (tertiary/aromatic N) is 5. The molecule has 0 unspecified atom stereocenters. The van der Waals surface area contributed by atoms with Gasteiger partial charge in [-0.2, -0.15) is 6.07 Å². The molecule has 208 valence electrons. The molecule has 7 rings (SSSR count). The predicted molar refractivity (Wildman–Crippen MR) is 163 cm³/mol. The number of para-hydroxylation sites is 2. The Balaban J connectivity index is 0.00000401. The zero-order valence-electron chi connectivity index (χ0n) is 29.0. The Morgan fingerprint density at radius 3 is 2.57 bits per heavy atom. The van der Waals surface area contributed by atoms with Crippen LogP contribution in [0, 0.1) is 19.0 Å². The van der Waals surface area contributed by atoms with E-state index in [1.165, 1.54) is 12.3 Å². The van der Waals surface area contributed by atoms with Crippen LogP contribution in [0.2, 0.25) is 0 Å². The Morgan fingerprint density at radius 1 is 0.905 bits per heavy atom. The third-order valence-corrected chi connectivity index (χ3v) is 7.10. The summed E-state index contributed by atoms with van der Waals surface area (Å²) in [5, 5.41) is 0.796. The maximum absolute atomic E-state index is 8.06. The fraction of sp³-hybridized carbons (Fsp3) is 0.171. The van der Waals surface area contributed by atoms with Crippen LogP contribution in [0.5, 0.6) is 11.5 Å². The number of benzene rings is 3. The zero-order chi connectivity index (χ0) is 33.3. The number of aryl methyl sites for hydroxylation is 1. The molecule has 0 saturated heterocycles. The molecule has 0 bridgehead atoms. The average Bonchev–Trinajstić information content (AvgIpc) is 3.57. The van der Waals surface area contributed by atoms with Gasteiger partial charge in [-0.1, -0.05) is 65.1 Å². The number of hydrogen-bond donors (Lipinski definition) is 0. The van der Waals surface area contributed by atoms with E-state index in [0.29, 0.717) is 45.4 Å². The first-order valence-corrected chi connectivity index (χ1v) is 13.2. The van der Waals surface area contributed by atoms with Gasteiger partial charge in [-0.15, -0.1) is 23.8 Å². The molecule has 0 fully saturated rings. The molecule has 0 atom stereocenters. The number of ether oxygens (including phenoxy) is 1. The van der Waals surface area contributed by atoms with E-state index >= 15 is 0 Å². The second kappa shape index (κ2) is 10.5. The van der Waals surface area contributed by atoms with Gasteiger partial charge in [0.2, 0.25) is 0 Å². The Labute approximate surface area is 268 Å². The SMILES string of the molecule is [2H]C([2H])([2H])c1ccnc(-n2c3[c-]c(Oc4[c-]c([N+]5=C=[N+](C([2H])([2H])[2H])c6ccccc65)cc(C(C)(C)C)c4)ccc3c3ncccc32)c1.[Pt+2]. The second-order valence-corrected chi connectivity index (χ2v) is 10.9. The zero-order valence-corrected chi connectivity index (χ0v) is 25.3. The minimum Gasteiger partial charge on any atom is -0.509 e. The van der Waals surface area contributed by atoms with Crippen LogP contribution in [-0.2, 0) is 26.5 Å². The van der Waals surface area contributed by atoms with Crippen molar-refractivity contribution in [2.75, 3.05) is 6.98 Å². The summed E-state index contributed by atoms with van der Waals surface area (Å²) in [6, 6.07) is 31.2. The van der Waals surface area contributed by atoms with Crippen molar-refractivity contribution in [3.63, 3.8) is 0 Å². The van der Waals surface area contributed by atoms with E-state index in [1.807, 2.05) is 47.0 Å². The molecule has 42 heavy (non-hydrogen) atoms. The fourth-order valence-corrected chi connectivity index (χ4v) is 5.06. The van der Waals surface area contributed by atoms with E-state index in [9.17, 15) is 0 Å². The van der Waals surface area contributed by atoms with Gasteiger partial charge in [-0.25, -0.2) is 4.98 Å². The molecule has 0 spiro atoms. The largest absolute Gasteiger partial charge is 2.00 e. The van der Waals surface area contributed by atoms with Gasteiger partial charge >= 0.3 is 27.1 Å². The monoisotopic (exact) mass is 736 g/mol. The van der Waals surface area contributed by atoms with Gasteiger partial charge in [-0.05, 0) is 42.1 Å². The van der Waals surface area contributed by atoms with E-state index in [1.54, 1.807) is 35.0 Å². The summed E-state index contributed by atoms with van der Waals surface area (Å²) in [6.07, 6.45) is 3.19. The van der Waals surface area contributed by atoms with Crippen molar-refractivity contribution in [1.29, 1.82) is 0 Å². The first-order chi connectivity index (χ1) is 22.2. The van der Waals surface area contributed by atoms with Crippen LogP contribution in [0.15, 0.2) is 85.2 Å². The second-order valence-electron chi connectivity index (χ2n) is 10.9. The quantitative estimate of drug-likeness (QED) is 0.137. The van der Waals surface area contributed by atoms with Crippen molar-refractivity contribution in [2.45, 2.75) is 33.0 Å². The predicted octanol–water partition coefficient (Wildman–Crippen LogP) is 7.87. The van der Waals surface area contributed by atoms with Crippen LogP contribution in [0.3, 0.4) is 0 Å². The van der Waals surface area contributed by atoms with E-state index in [2.05, 4.69) is 48.9 Å². The Kier molecular flexibility index (Phi) is 5.32. The van der Waals surface area contributed by atoms with Gasteiger partial charge in [-0.3, -0.25) is 4.98 Å². The molecule has 0 aliphatic carbocycles. The van der Waals surface area contributed by atoms with Crippen LogP contribution in [0.25, 0.3) is 27.8 Å². The molecule has 6 nitrogen and oxygen atoms in total. The van der Waals surface area contributed by atoms with E-state index < -0.39 is 13.8 Å². The van der Waals surface area contributed by atoms with Gasteiger partial charge in [0.25, 0.3) is 11.4 Å². The molecule has 0 saturated carbocycles. The van der Waals surface area contributed by atoms with Crippen LogP contribution in [-0.4, -0.2) is 32.1 Å². The Hall–Kier alpha value is -4.37. The molecule has 0 amide bonds. The summed E-state index contributed by atoms with van der Waals surface area (Å²) in [4.78, 5) is 9.10. The van der Waals surface area contributed by atoms with Crippen molar-refractivity contribution in [3.05, 3.63) is 108 Å². The molecule has 4 heterocycles. The third kappa shape index (κ3) is 4.77. The molecular formula is C35H29N5OPt+2.